The van der Waals surface area contributed by atoms with E-state index in [1.807, 2.05) is 18.2 Å². The maximum Gasteiger partial charge on any atom is 0.472 e. The van der Waals surface area contributed by atoms with Gasteiger partial charge in [0, 0.05) is 19.3 Å². The molecule has 0 aliphatic heterocycles. The molecule has 0 bridgehead atoms. The topological polar surface area (TPSA) is 237 Å². The van der Waals surface area contributed by atoms with Crippen LogP contribution in [0.4, 0.5) is 0 Å². The Balaban J connectivity index is 5.36. The molecule has 0 saturated heterocycles. The zero-order valence-electron chi connectivity index (χ0n) is 61.4. The third-order valence-corrected chi connectivity index (χ3v) is 17.7. The minimum atomic E-state index is -4.99. The molecule has 5 unspecified atom stereocenters. The lowest BCUT2D eigenvalue weighted by Crippen LogP contribution is -2.30. The van der Waals surface area contributed by atoms with Crippen LogP contribution in [0.3, 0.4) is 0 Å². The molecule has 0 aromatic heterocycles. The SMILES string of the molecule is CC/C=C\C/C=C\C/C=C\C/C=C\C/C=C\CC(=O)OCC(COP(=O)(O)OCC(O)COP(=O)(O)OCC(COC(=O)CCCCCCCC/C=C\C/C=C\C/C=C\CCCCC)OC(=O)CCCCCCC/C=C\CCCC)OC(=O)CCCCCCCCCCCCCCC. The lowest BCUT2D eigenvalue weighted by Gasteiger charge is -2.21. The number of hydrogen-bond donors (Lipinski definition) is 3. The van der Waals surface area contributed by atoms with Gasteiger partial charge in [0.1, 0.15) is 19.3 Å². The largest absolute Gasteiger partial charge is 0.472 e. The third-order valence-electron chi connectivity index (χ3n) is 15.8. The Bertz CT molecular complexity index is 2290. The number of unbranched alkanes of at least 4 members (excludes halogenated alkanes) is 28. The molecular weight excluding hydrogens is 1280 g/mol. The molecule has 0 aliphatic carbocycles. The first-order chi connectivity index (χ1) is 47.7. The summed E-state index contributed by atoms with van der Waals surface area (Å²) in [5.41, 5.74) is 0. The maximum absolute atomic E-state index is 13.1. The maximum atomic E-state index is 13.1. The molecule has 0 fully saturated rings. The minimum Gasteiger partial charge on any atom is -0.462 e. The van der Waals surface area contributed by atoms with Gasteiger partial charge < -0.3 is 33.8 Å². The van der Waals surface area contributed by atoms with E-state index in [4.69, 9.17) is 37.0 Å². The van der Waals surface area contributed by atoms with Crippen molar-refractivity contribution < 1.29 is 80.2 Å². The van der Waals surface area contributed by atoms with Gasteiger partial charge in [0.05, 0.1) is 32.8 Å². The number of aliphatic hydroxyl groups is 1. The van der Waals surface area contributed by atoms with E-state index in [2.05, 4.69) is 113 Å². The fraction of sp³-hybridized carbons (Fsp3) is 0.722. The molecule has 3 N–H and O–H groups in total. The number of aliphatic hydroxyl groups excluding tert-OH is 1. The van der Waals surface area contributed by atoms with E-state index in [1.165, 1.54) is 83.5 Å². The average Bonchev–Trinajstić information content (AvgIpc) is 0.983. The lowest BCUT2D eigenvalue weighted by molar-refractivity contribution is -0.161. The lowest BCUT2D eigenvalue weighted by atomic mass is 10.0. The summed E-state index contributed by atoms with van der Waals surface area (Å²) in [7, 11) is -9.97. The summed E-state index contributed by atoms with van der Waals surface area (Å²) in [6, 6.07) is 0. The summed E-state index contributed by atoms with van der Waals surface area (Å²) in [6.07, 6.45) is 75.4. The molecular formula is C79H136O17P2. The van der Waals surface area contributed by atoms with Gasteiger partial charge in [0.25, 0.3) is 0 Å². The Hall–Kier alpha value is -4.28. The second kappa shape index (κ2) is 71.1. The monoisotopic (exact) mass is 1420 g/mol. The van der Waals surface area contributed by atoms with Crippen LogP contribution in [0.25, 0.3) is 0 Å². The highest BCUT2D eigenvalue weighted by molar-refractivity contribution is 7.47. The van der Waals surface area contributed by atoms with Crippen LogP contribution in [0.2, 0.25) is 0 Å². The van der Waals surface area contributed by atoms with Crippen molar-refractivity contribution in [3.05, 3.63) is 109 Å². The molecule has 98 heavy (non-hydrogen) atoms. The van der Waals surface area contributed by atoms with Crippen molar-refractivity contribution in [1.82, 2.24) is 0 Å². The van der Waals surface area contributed by atoms with Gasteiger partial charge in [-0.1, -0.05) is 285 Å². The molecule has 0 aromatic rings. The van der Waals surface area contributed by atoms with Gasteiger partial charge in [-0.3, -0.25) is 37.3 Å². The van der Waals surface area contributed by atoms with Crippen molar-refractivity contribution in [2.75, 3.05) is 39.6 Å². The van der Waals surface area contributed by atoms with Gasteiger partial charge in [0.2, 0.25) is 0 Å². The average molecular weight is 1420 g/mol. The molecule has 0 spiro atoms. The molecule has 19 heteroatoms. The number of carbonyl (C=O) groups is 4. The van der Waals surface area contributed by atoms with Crippen LogP contribution in [0.1, 0.15) is 310 Å². The number of rotatable bonds is 71. The molecule has 0 saturated carbocycles. The van der Waals surface area contributed by atoms with Crippen LogP contribution in [-0.2, 0) is 65.4 Å². The van der Waals surface area contributed by atoms with Gasteiger partial charge in [-0.15, -0.1) is 0 Å². The predicted octanol–water partition coefficient (Wildman–Crippen LogP) is 21.8. The summed E-state index contributed by atoms with van der Waals surface area (Å²) >= 11 is 0. The van der Waals surface area contributed by atoms with Crippen LogP contribution in [-0.4, -0.2) is 96.7 Å². The summed E-state index contributed by atoms with van der Waals surface area (Å²) in [5.74, 6) is -2.34. The van der Waals surface area contributed by atoms with E-state index in [0.29, 0.717) is 25.7 Å². The number of ether oxygens (including phenoxy) is 4. The molecule has 0 radical (unpaired) electrons. The summed E-state index contributed by atoms with van der Waals surface area (Å²) in [4.78, 5) is 72.7. The van der Waals surface area contributed by atoms with Crippen LogP contribution >= 0.6 is 15.6 Å². The van der Waals surface area contributed by atoms with E-state index >= 15 is 0 Å². The Morgan fingerprint density at radius 2 is 0.582 bits per heavy atom. The summed E-state index contributed by atoms with van der Waals surface area (Å²) < 4.78 is 68.3. The molecule has 0 heterocycles. The fourth-order valence-electron chi connectivity index (χ4n) is 9.93. The van der Waals surface area contributed by atoms with Crippen LogP contribution < -0.4 is 0 Å². The molecule has 17 nitrogen and oxygen atoms in total. The molecule has 0 amide bonds. The van der Waals surface area contributed by atoms with Crippen LogP contribution in [0.5, 0.6) is 0 Å². The van der Waals surface area contributed by atoms with E-state index < -0.39 is 97.5 Å². The number of phosphoric ester groups is 2. The number of hydrogen-bond acceptors (Lipinski definition) is 15. The number of esters is 4. The molecule has 0 aromatic carbocycles. The Kier molecular flexibility index (Phi) is 68.0. The number of phosphoric acid groups is 2. The molecule has 0 aliphatic rings. The summed E-state index contributed by atoms with van der Waals surface area (Å²) in [6.45, 7) is 4.56. The normalized spacial score (nSPS) is 14.6. The van der Waals surface area contributed by atoms with Crippen molar-refractivity contribution >= 4 is 39.5 Å². The van der Waals surface area contributed by atoms with Crippen molar-refractivity contribution in [2.45, 2.75) is 329 Å². The second-order valence-electron chi connectivity index (χ2n) is 25.2. The zero-order chi connectivity index (χ0) is 71.8. The molecule has 5 atom stereocenters. The van der Waals surface area contributed by atoms with E-state index in [9.17, 15) is 43.2 Å². The highest BCUT2D eigenvalue weighted by Crippen LogP contribution is 2.45. The number of allylic oxidation sites excluding steroid dienone is 17. The smallest absolute Gasteiger partial charge is 0.462 e. The van der Waals surface area contributed by atoms with Crippen molar-refractivity contribution in [2.24, 2.45) is 0 Å². The van der Waals surface area contributed by atoms with Crippen molar-refractivity contribution in [1.29, 1.82) is 0 Å². The van der Waals surface area contributed by atoms with Gasteiger partial charge in [-0.25, -0.2) is 9.13 Å². The fourth-order valence-corrected chi connectivity index (χ4v) is 11.5. The minimum absolute atomic E-state index is 0.0696. The molecule has 564 valence electrons. The highest BCUT2D eigenvalue weighted by atomic mass is 31.2. The van der Waals surface area contributed by atoms with Crippen molar-refractivity contribution in [3.63, 3.8) is 0 Å². The predicted molar refractivity (Wildman–Crippen MR) is 399 cm³/mol. The van der Waals surface area contributed by atoms with E-state index in [1.54, 1.807) is 6.08 Å². The standard InChI is InChI=1S/C79H136O17P2/c1-5-9-13-17-21-25-29-32-34-35-36-37-39-42-45-48-52-56-60-64-77(82)89-69-74(95-78(83)65-61-57-53-49-43-28-24-20-16-12-8-4)71-93-97(85,86)91-67-73(80)68-92-98(87,88)94-72-75(96-79(84)66-62-58-54-50-46-40-31-27-23-19-15-11-7-3)70-90-76(81)63-59-55-51-47-44-41-38-33-30-26-22-18-14-10-6-2/h10,14,20-22,24-26,32-34,36-38,44,47,55,59,73-75,80H,5-9,11-13,15-19,23,27-31,35,39-43,45-46,48-54,56-58,60-72H2,1-4H3,(H,85,86)(H,87,88)/b14-10-,24-20-,25-21-,26-22-,34-32-,37-36-,38-33-,47-44-,59-55-. The Morgan fingerprint density at radius 3 is 0.969 bits per heavy atom. The summed E-state index contributed by atoms with van der Waals surface area (Å²) in [5, 5.41) is 10.6. The van der Waals surface area contributed by atoms with E-state index in [-0.39, 0.29) is 25.7 Å². The van der Waals surface area contributed by atoms with Crippen molar-refractivity contribution in [3.8, 4) is 0 Å². The van der Waals surface area contributed by atoms with E-state index in [0.717, 1.165) is 148 Å². The Labute approximate surface area is 594 Å². The third kappa shape index (κ3) is 70.2. The quantitative estimate of drug-likeness (QED) is 0.0169. The van der Waals surface area contributed by atoms with Gasteiger partial charge in [-0.05, 0) is 109 Å². The first kappa shape index (κ1) is 93.7. The zero-order valence-corrected chi connectivity index (χ0v) is 63.2. The van der Waals surface area contributed by atoms with Crippen LogP contribution in [0.15, 0.2) is 109 Å². The van der Waals surface area contributed by atoms with Gasteiger partial charge in [0.15, 0.2) is 12.2 Å². The Morgan fingerprint density at radius 1 is 0.306 bits per heavy atom. The number of carbonyl (C=O) groups excluding carboxylic acids is 4. The second-order valence-corrected chi connectivity index (χ2v) is 28.1. The van der Waals surface area contributed by atoms with Gasteiger partial charge >= 0.3 is 39.5 Å². The highest BCUT2D eigenvalue weighted by Gasteiger charge is 2.30. The van der Waals surface area contributed by atoms with Gasteiger partial charge in [-0.2, -0.15) is 0 Å². The first-order valence-electron chi connectivity index (χ1n) is 38.1. The molecule has 0 rings (SSSR count). The van der Waals surface area contributed by atoms with Crippen LogP contribution in [0, 0.1) is 0 Å². The first-order valence-corrected chi connectivity index (χ1v) is 41.1.